The molecule has 0 aromatic carbocycles. The Labute approximate surface area is 198 Å². The average Bonchev–Trinajstić information content (AvgIpc) is 2.84. The van der Waals surface area contributed by atoms with Crippen molar-refractivity contribution in [2.24, 2.45) is 7.05 Å². The van der Waals surface area contributed by atoms with E-state index in [1.165, 1.54) is 35.5 Å². The van der Waals surface area contributed by atoms with Crippen molar-refractivity contribution in [3.63, 3.8) is 0 Å². The second-order valence-corrected chi connectivity index (χ2v) is 8.72. The third-order valence-electron chi connectivity index (χ3n) is 5.95. The number of nitrogens with one attached hydrogen (secondary N) is 2. The maximum atomic E-state index is 12.4. The summed E-state index contributed by atoms with van der Waals surface area (Å²) < 4.78 is 7.30. The van der Waals surface area contributed by atoms with Crippen molar-refractivity contribution in [3.8, 4) is 5.88 Å². The minimum absolute atomic E-state index is 0.105. The van der Waals surface area contributed by atoms with Crippen molar-refractivity contribution in [1.29, 1.82) is 0 Å². The molecule has 0 aliphatic carbocycles. The molecule has 1 aliphatic heterocycles. The van der Waals surface area contributed by atoms with Crippen LogP contribution in [0.5, 0.6) is 5.88 Å². The molecule has 0 bridgehead atoms. The Morgan fingerprint density at radius 2 is 1.94 bits per heavy atom. The number of aryl methyl sites for hydroxylation is 1. The highest BCUT2D eigenvalue weighted by atomic mass is 16.5. The van der Waals surface area contributed by atoms with E-state index in [1.807, 2.05) is 18.2 Å². The second-order valence-electron chi connectivity index (χ2n) is 8.72. The predicted molar refractivity (Wildman–Crippen MR) is 131 cm³/mol. The van der Waals surface area contributed by atoms with Gasteiger partial charge in [0.15, 0.2) is 0 Å². The van der Waals surface area contributed by atoms with E-state index >= 15 is 0 Å². The Balaban J connectivity index is 1.21. The fraction of sp³-hybridized carbons (Fsp3) is 0.440. The topological polar surface area (TPSA) is 105 Å². The molecule has 34 heavy (non-hydrogen) atoms. The van der Waals surface area contributed by atoms with Crippen LogP contribution < -0.4 is 21.2 Å². The van der Waals surface area contributed by atoms with Gasteiger partial charge in [-0.2, -0.15) is 0 Å². The first-order valence-electron chi connectivity index (χ1n) is 11.8. The van der Waals surface area contributed by atoms with Crippen LogP contribution in [0.1, 0.15) is 42.4 Å². The van der Waals surface area contributed by atoms with Crippen LogP contribution in [0.3, 0.4) is 0 Å². The lowest BCUT2D eigenvalue weighted by Crippen LogP contribution is -2.29. The fourth-order valence-corrected chi connectivity index (χ4v) is 4.02. The zero-order valence-electron chi connectivity index (χ0n) is 19.6. The van der Waals surface area contributed by atoms with Gasteiger partial charge in [0.2, 0.25) is 11.8 Å². The lowest BCUT2D eigenvalue weighted by atomic mass is 10.1. The van der Waals surface area contributed by atoms with Gasteiger partial charge in [0, 0.05) is 62.8 Å². The quantitative estimate of drug-likeness (QED) is 0.444. The normalized spacial score (nSPS) is 14.1. The molecule has 4 heterocycles. The van der Waals surface area contributed by atoms with Gasteiger partial charge < -0.3 is 14.6 Å². The van der Waals surface area contributed by atoms with Crippen LogP contribution in [0, 0.1) is 0 Å². The molecule has 0 amide bonds. The smallest absolute Gasteiger partial charge is 0.255 e. The molecule has 0 saturated carbocycles. The number of hydrogen-bond donors (Lipinski definition) is 2. The molecular weight excluding hydrogens is 432 g/mol. The van der Waals surface area contributed by atoms with E-state index in [4.69, 9.17) is 4.74 Å². The molecule has 0 unspecified atom stereocenters. The number of nitrogens with zero attached hydrogens (tertiary/aromatic N) is 4. The number of aromatic amines is 1. The first-order valence-corrected chi connectivity index (χ1v) is 11.8. The average molecular weight is 465 g/mol. The molecule has 9 heteroatoms. The summed E-state index contributed by atoms with van der Waals surface area (Å²) in [5.74, 6) is 1.06. The molecule has 0 atom stereocenters. The Morgan fingerprint density at radius 3 is 2.74 bits per heavy atom. The Hall–Kier alpha value is -3.46. The van der Waals surface area contributed by atoms with Gasteiger partial charge in [-0.15, -0.1) is 0 Å². The number of rotatable bonds is 10. The molecule has 4 rings (SSSR count). The number of hydrogen-bond acceptors (Lipinski definition) is 7. The number of ether oxygens (including phenoxy) is 1. The molecule has 0 radical (unpaired) electrons. The monoisotopic (exact) mass is 464 g/mol. The second kappa shape index (κ2) is 11.6. The number of aromatic nitrogens is 4. The Morgan fingerprint density at radius 1 is 1.09 bits per heavy atom. The summed E-state index contributed by atoms with van der Waals surface area (Å²) in [4.78, 5) is 38.0. The first kappa shape index (κ1) is 23.7. The van der Waals surface area contributed by atoms with Crippen molar-refractivity contribution in [3.05, 3.63) is 80.3 Å². The van der Waals surface area contributed by atoms with E-state index in [-0.39, 0.29) is 11.1 Å². The lowest BCUT2D eigenvalue weighted by molar-refractivity contribution is 0.220. The van der Waals surface area contributed by atoms with E-state index in [0.717, 1.165) is 31.6 Å². The van der Waals surface area contributed by atoms with Crippen LogP contribution in [0.25, 0.3) is 0 Å². The number of pyridine rings is 2. The van der Waals surface area contributed by atoms with E-state index in [0.29, 0.717) is 37.0 Å². The highest BCUT2D eigenvalue weighted by Gasteiger charge is 2.11. The summed E-state index contributed by atoms with van der Waals surface area (Å²) in [5.41, 5.74) is 2.19. The summed E-state index contributed by atoms with van der Waals surface area (Å²) in [5, 5.41) is 3.12. The molecular formula is C25H32N6O3. The number of anilines is 1. The number of likely N-dealkylation sites (tertiary alicyclic amines) is 1. The van der Waals surface area contributed by atoms with Gasteiger partial charge in [-0.1, -0.05) is 6.42 Å². The van der Waals surface area contributed by atoms with Crippen molar-refractivity contribution in [2.45, 2.75) is 38.6 Å². The maximum Gasteiger partial charge on any atom is 0.255 e. The van der Waals surface area contributed by atoms with Crippen LogP contribution >= 0.6 is 0 Å². The zero-order valence-corrected chi connectivity index (χ0v) is 19.6. The summed E-state index contributed by atoms with van der Waals surface area (Å²) in [7, 11) is 1.69. The van der Waals surface area contributed by atoms with Gasteiger partial charge in [0.1, 0.15) is 0 Å². The van der Waals surface area contributed by atoms with E-state index in [1.54, 1.807) is 25.6 Å². The van der Waals surface area contributed by atoms with Crippen molar-refractivity contribution in [1.82, 2.24) is 24.4 Å². The van der Waals surface area contributed by atoms with Gasteiger partial charge in [0.05, 0.1) is 6.61 Å². The van der Waals surface area contributed by atoms with Gasteiger partial charge in [-0.3, -0.25) is 19.5 Å². The highest BCUT2D eigenvalue weighted by molar-refractivity contribution is 5.27. The zero-order chi connectivity index (χ0) is 23.8. The molecule has 3 aromatic rings. The minimum Gasteiger partial charge on any atom is -0.478 e. The van der Waals surface area contributed by atoms with E-state index < -0.39 is 0 Å². The highest BCUT2D eigenvalue weighted by Crippen LogP contribution is 2.15. The first-order chi connectivity index (χ1) is 16.6. The van der Waals surface area contributed by atoms with Crippen LogP contribution in [-0.2, 0) is 20.0 Å². The standard InChI is InChI=1S/C25H32N6O3/c1-30-12-7-19(16-23(30)32)14-21-17-28-25(29-24(21)33)27-8-5-13-34-22-15-20(6-9-26-22)18-31-10-3-2-4-11-31/h6-7,9,12,15-17H,2-5,8,10-11,13-14,18H2,1H3,(H2,27,28,29,33). The fourth-order valence-electron chi connectivity index (χ4n) is 4.02. The SMILES string of the molecule is Cn1ccc(Cc2cnc(NCCCOc3cc(CN4CCCCC4)ccn3)[nH]c2=O)cc1=O. The summed E-state index contributed by atoms with van der Waals surface area (Å²) in [6.45, 7) is 4.38. The van der Waals surface area contributed by atoms with E-state index in [9.17, 15) is 9.59 Å². The summed E-state index contributed by atoms with van der Waals surface area (Å²) >= 11 is 0. The third-order valence-corrected chi connectivity index (χ3v) is 5.95. The van der Waals surface area contributed by atoms with Crippen LogP contribution in [0.15, 0.2) is 52.4 Å². The molecule has 3 aromatic heterocycles. The molecule has 1 fully saturated rings. The van der Waals surface area contributed by atoms with Crippen molar-refractivity contribution in [2.75, 3.05) is 31.6 Å². The number of piperidine rings is 1. The summed E-state index contributed by atoms with van der Waals surface area (Å²) in [6, 6.07) is 7.42. The molecule has 1 saturated heterocycles. The maximum absolute atomic E-state index is 12.4. The van der Waals surface area contributed by atoms with Crippen molar-refractivity contribution < 1.29 is 4.74 Å². The largest absolute Gasteiger partial charge is 0.478 e. The van der Waals surface area contributed by atoms with Gasteiger partial charge in [-0.05, 0) is 55.6 Å². The van der Waals surface area contributed by atoms with Gasteiger partial charge >= 0.3 is 0 Å². The summed E-state index contributed by atoms with van der Waals surface area (Å²) in [6.07, 6.45) is 10.0. The minimum atomic E-state index is -0.218. The Kier molecular flexibility index (Phi) is 8.08. The molecule has 1 aliphatic rings. The van der Waals surface area contributed by atoms with Gasteiger partial charge in [0.25, 0.3) is 11.1 Å². The van der Waals surface area contributed by atoms with Crippen LogP contribution in [0.2, 0.25) is 0 Å². The Bertz CT molecular complexity index is 1200. The molecule has 0 spiro atoms. The van der Waals surface area contributed by atoms with Crippen molar-refractivity contribution >= 4 is 5.95 Å². The lowest BCUT2D eigenvalue weighted by Gasteiger charge is -2.26. The predicted octanol–water partition coefficient (Wildman–Crippen LogP) is 2.32. The molecule has 9 nitrogen and oxygen atoms in total. The number of H-pyrrole nitrogens is 1. The molecule has 2 N–H and O–H groups in total. The molecule has 180 valence electrons. The van der Waals surface area contributed by atoms with Crippen LogP contribution in [0.4, 0.5) is 5.95 Å². The van der Waals surface area contributed by atoms with Crippen LogP contribution in [-0.4, -0.2) is 50.7 Å². The van der Waals surface area contributed by atoms with Gasteiger partial charge in [-0.25, -0.2) is 9.97 Å². The third kappa shape index (κ3) is 6.77. The van der Waals surface area contributed by atoms with E-state index in [2.05, 4.69) is 25.2 Å².